The number of carbonyl (C=O) groups is 5. The van der Waals surface area contributed by atoms with Crippen molar-refractivity contribution in [1.82, 2.24) is 76.0 Å². The van der Waals surface area contributed by atoms with Crippen LogP contribution in [0.15, 0.2) is 27.6 Å². The number of nitrogens with zero attached hydrogens (tertiary/aromatic N) is 10. The summed E-state index contributed by atoms with van der Waals surface area (Å²) in [4.78, 5) is 101. The summed E-state index contributed by atoms with van der Waals surface area (Å²) in [5, 5.41) is 17.1. The minimum atomic E-state index is -0.232. The lowest BCUT2D eigenvalue weighted by atomic mass is 10.0. The highest BCUT2D eigenvalue weighted by Gasteiger charge is 2.39. The third kappa shape index (κ3) is 19.4. The van der Waals surface area contributed by atoms with Crippen LogP contribution < -0.4 is 26.6 Å². The van der Waals surface area contributed by atoms with Crippen molar-refractivity contribution in [2.24, 2.45) is 17.8 Å². The number of thiazole rings is 5. The minimum Gasteiger partial charge on any atom is -0.381 e. The first-order chi connectivity index (χ1) is 48.0. The average Bonchev–Trinajstić information content (AvgIpc) is 1.71. The normalized spacial score (nSPS) is 26.8. The van der Waals surface area contributed by atoms with Crippen LogP contribution in [0.25, 0.3) is 0 Å². The van der Waals surface area contributed by atoms with Gasteiger partial charge in [-0.3, -0.25) is 24.0 Å². The highest BCUT2D eigenvalue weighted by Crippen LogP contribution is 2.37. The third-order valence-corrected chi connectivity index (χ3v) is 29.3. The van der Waals surface area contributed by atoms with Gasteiger partial charge in [0.1, 0.15) is 30.2 Å². The van der Waals surface area contributed by atoms with Crippen molar-refractivity contribution < 1.29 is 28.7 Å². The molecule has 1 aliphatic carbocycles. The molecule has 5 aromatic heterocycles. The SMILES string of the molecule is CNC1C(=O)N(CC2CCCC2)CCc2ncsc21.CNC1C(=O)N(CC2CCCCS2)CCc2ncsc21.CNC1C(=O)N(CC2CCCOC2)CCc2ncsc21.CNC1C(=O)N(CC2CCCS2)CCc2ncsc21.CNC1C(=O)N(CC2CCCSC2)CCc2ncsc21. The van der Waals surface area contributed by atoms with Crippen LogP contribution in [-0.4, -0.2) is 226 Å². The van der Waals surface area contributed by atoms with Crippen LogP contribution in [0.4, 0.5) is 0 Å². The first-order valence-corrected chi connectivity index (χ1v) is 43.4. The Morgan fingerprint density at radius 2 is 0.694 bits per heavy atom. The molecule has 9 atom stereocenters. The van der Waals surface area contributed by atoms with Crippen molar-refractivity contribution in [3.63, 3.8) is 0 Å². The monoisotopic (exact) mass is 1490 g/mol. The molecule has 29 heteroatoms. The van der Waals surface area contributed by atoms with Gasteiger partial charge in [0.15, 0.2) is 0 Å². The molecule has 14 heterocycles. The average molecular weight is 1500 g/mol. The zero-order valence-electron chi connectivity index (χ0n) is 57.9. The van der Waals surface area contributed by atoms with E-state index in [1.165, 1.54) is 93.6 Å². The smallest absolute Gasteiger partial charge is 0.245 e. The van der Waals surface area contributed by atoms with E-state index < -0.39 is 0 Å². The highest BCUT2D eigenvalue weighted by atomic mass is 32.2. The second-order valence-electron chi connectivity index (χ2n) is 27.0. The molecule has 0 spiro atoms. The molecule has 5 N–H and O–H groups in total. The van der Waals surface area contributed by atoms with Gasteiger partial charge >= 0.3 is 0 Å². The zero-order chi connectivity index (χ0) is 68.3. The Bertz CT molecular complexity index is 3030. The summed E-state index contributed by atoms with van der Waals surface area (Å²) < 4.78 is 5.53. The van der Waals surface area contributed by atoms with E-state index in [0.29, 0.717) is 28.3 Å². The number of thioether (sulfide) groups is 3. The second-order valence-corrected chi connectivity index (χ2v) is 35.4. The predicted octanol–water partition coefficient (Wildman–Crippen LogP) is 8.88. The molecule has 98 heavy (non-hydrogen) atoms. The predicted molar refractivity (Wildman–Crippen MR) is 402 cm³/mol. The Labute approximate surface area is 612 Å². The van der Waals surface area contributed by atoms with Crippen LogP contribution in [0.2, 0.25) is 0 Å². The van der Waals surface area contributed by atoms with E-state index in [0.717, 1.165) is 176 Å². The lowest BCUT2D eigenvalue weighted by Gasteiger charge is -2.30. The lowest BCUT2D eigenvalue weighted by Crippen LogP contribution is -2.42. The number of nitrogens with one attached hydrogen (secondary N) is 5. The number of ether oxygens (including phenoxy) is 1. The Morgan fingerprint density at radius 1 is 0.378 bits per heavy atom. The number of hydrogen-bond acceptors (Lipinski definition) is 24. The molecule has 10 aliphatic rings. The van der Waals surface area contributed by atoms with Gasteiger partial charge in [-0.2, -0.15) is 35.3 Å². The van der Waals surface area contributed by atoms with E-state index in [1.54, 1.807) is 56.7 Å². The van der Waals surface area contributed by atoms with E-state index >= 15 is 0 Å². The summed E-state index contributed by atoms with van der Waals surface area (Å²) in [7, 11) is 9.31. The number of fused-ring (bicyclic) bond motifs is 5. The summed E-state index contributed by atoms with van der Waals surface area (Å²) in [5.41, 5.74) is 14.7. The molecule has 15 rings (SSSR count). The van der Waals surface area contributed by atoms with Crippen LogP contribution in [0, 0.1) is 17.8 Å². The van der Waals surface area contributed by atoms with E-state index in [1.807, 2.05) is 108 Å². The van der Waals surface area contributed by atoms with E-state index in [2.05, 4.69) is 66.2 Å². The van der Waals surface area contributed by atoms with Gasteiger partial charge in [0.25, 0.3) is 0 Å². The van der Waals surface area contributed by atoms with Gasteiger partial charge in [-0.05, 0) is 140 Å². The molecule has 9 aliphatic heterocycles. The van der Waals surface area contributed by atoms with Gasteiger partial charge in [-0.25, -0.2) is 24.9 Å². The van der Waals surface area contributed by atoms with Crippen molar-refractivity contribution in [3.05, 3.63) is 80.4 Å². The number of likely N-dealkylation sites (N-methyl/N-ethyl adjacent to an activating group) is 5. The summed E-state index contributed by atoms with van der Waals surface area (Å²) >= 11 is 14.0. The fourth-order valence-electron chi connectivity index (χ4n) is 15.2. The van der Waals surface area contributed by atoms with Crippen molar-refractivity contribution in [2.45, 2.75) is 156 Å². The van der Waals surface area contributed by atoms with Gasteiger partial charge < -0.3 is 55.8 Å². The van der Waals surface area contributed by atoms with Crippen molar-refractivity contribution in [3.8, 4) is 0 Å². The maximum Gasteiger partial charge on any atom is 0.245 e. The Kier molecular flexibility index (Phi) is 29.4. The summed E-state index contributed by atoms with van der Waals surface area (Å²) in [6, 6.07) is -1.02. The lowest BCUT2D eigenvalue weighted by molar-refractivity contribution is -0.135. The molecule has 5 amide bonds. The highest BCUT2D eigenvalue weighted by molar-refractivity contribution is 8.00. The van der Waals surface area contributed by atoms with Crippen molar-refractivity contribution >= 4 is 122 Å². The van der Waals surface area contributed by atoms with Gasteiger partial charge in [-0.15, -0.1) is 56.7 Å². The molecule has 9 unspecified atom stereocenters. The molecule has 0 radical (unpaired) electrons. The molecule has 5 fully saturated rings. The molecule has 4 saturated heterocycles. The molecule has 5 aromatic rings. The van der Waals surface area contributed by atoms with Gasteiger partial charge in [0.2, 0.25) is 29.5 Å². The summed E-state index contributed by atoms with van der Waals surface area (Å²) in [6.07, 6.45) is 20.9. The molecule has 0 bridgehead atoms. The first kappa shape index (κ1) is 75.5. The van der Waals surface area contributed by atoms with E-state index in [4.69, 9.17) is 4.74 Å². The number of carbonyl (C=O) groups excluding carboxylic acids is 5. The maximum absolute atomic E-state index is 12.7. The molecule has 0 aromatic carbocycles. The Balaban J connectivity index is 0.000000124. The number of aromatic nitrogens is 5. The van der Waals surface area contributed by atoms with Gasteiger partial charge in [0, 0.05) is 115 Å². The van der Waals surface area contributed by atoms with Crippen LogP contribution >= 0.6 is 92.0 Å². The largest absolute Gasteiger partial charge is 0.381 e. The van der Waals surface area contributed by atoms with Crippen molar-refractivity contribution in [2.75, 3.05) is 137 Å². The minimum absolute atomic E-state index is 0.182. The zero-order valence-corrected chi connectivity index (χ0v) is 64.4. The number of amides is 5. The van der Waals surface area contributed by atoms with Crippen LogP contribution in [-0.2, 0) is 60.8 Å². The Morgan fingerprint density at radius 3 is 1.02 bits per heavy atom. The summed E-state index contributed by atoms with van der Waals surface area (Å²) in [5.74, 6) is 7.93. The second kappa shape index (κ2) is 38.2. The molecule has 538 valence electrons. The Hall–Kier alpha value is -3.69. The van der Waals surface area contributed by atoms with E-state index in [9.17, 15) is 24.0 Å². The fraction of sp³-hybridized carbons (Fsp3) is 0.710. The first-order valence-electron chi connectivity index (χ1n) is 35.8. The maximum atomic E-state index is 12.7. The van der Waals surface area contributed by atoms with Crippen LogP contribution in [0.3, 0.4) is 0 Å². The standard InChI is InChI=1S/C14H21N3O2S.2C14H21N3OS2.C14H21N3OS.C13H19N3OS2/c2*1-15-12-13-11(16-9-20-13)4-5-17(14(12)18)7-10-3-2-6-19-8-10;1-15-12-13-11(16-9-20-13)5-6-17(14(12)18)8-10-4-2-3-7-19-10;1-15-12-13-11(16-9-19-13)6-7-17(14(12)18)8-10-4-2-3-5-10;1-14-11-12-10(15-8-19-12)4-5-16(13(11)17)7-9-3-2-6-18-9/h3*9-10,12,15H,2-8H2,1H3;9-10,12,15H,2-8H2,1H3;8-9,11,14H,2-7H2,1H3. The van der Waals surface area contributed by atoms with Crippen LogP contribution in [0.1, 0.15) is 167 Å². The molecular formula is C69H103N15O6S8. The van der Waals surface area contributed by atoms with Crippen LogP contribution in [0.5, 0.6) is 0 Å². The van der Waals surface area contributed by atoms with E-state index in [-0.39, 0.29) is 59.7 Å². The van der Waals surface area contributed by atoms with Gasteiger partial charge in [-0.1, -0.05) is 19.3 Å². The fourth-order valence-corrected chi connectivity index (χ4v) is 23.6. The third-order valence-electron chi connectivity index (χ3n) is 20.6. The molecular weight excluding hydrogens is 1390 g/mol. The van der Waals surface area contributed by atoms with Gasteiger partial charge in [0.05, 0.1) is 87.0 Å². The molecule has 1 saturated carbocycles. The topological polar surface area (TPSA) is 235 Å². The number of hydrogen-bond donors (Lipinski definition) is 5. The summed E-state index contributed by atoms with van der Waals surface area (Å²) in [6.45, 7) is 10.1. The quantitative estimate of drug-likeness (QED) is 0.0658. The van der Waals surface area contributed by atoms with Crippen molar-refractivity contribution in [1.29, 1.82) is 0 Å². The molecule has 21 nitrogen and oxygen atoms in total. The number of rotatable bonds is 15.